The lowest BCUT2D eigenvalue weighted by Crippen LogP contribution is -2.28. The highest BCUT2D eigenvalue weighted by atomic mass is 16.5. The molecule has 22 heavy (non-hydrogen) atoms. The fraction of sp³-hybridized carbons (Fsp3) is 0.529. The molecule has 0 bridgehead atoms. The molecular weight excluding hydrogens is 280 g/mol. The third-order valence-corrected chi connectivity index (χ3v) is 3.65. The number of amides is 2. The van der Waals surface area contributed by atoms with Gasteiger partial charge in [-0.2, -0.15) is 0 Å². The summed E-state index contributed by atoms with van der Waals surface area (Å²) in [7, 11) is 1.67. The molecule has 2 rings (SSSR count). The summed E-state index contributed by atoms with van der Waals surface area (Å²) >= 11 is 0. The molecule has 1 saturated carbocycles. The minimum Gasteiger partial charge on any atom is -0.380 e. The van der Waals surface area contributed by atoms with E-state index in [1.165, 1.54) is 0 Å². The maximum absolute atomic E-state index is 11.7. The maximum Gasteiger partial charge on any atom is 0.223 e. The molecule has 1 aliphatic rings. The monoisotopic (exact) mass is 304 g/mol. The summed E-state index contributed by atoms with van der Waals surface area (Å²) in [6.07, 6.45) is 3.13. The molecule has 2 N–H and O–H groups in total. The number of ether oxygens (including phenoxy) is 1. The van der Waals surface area contributed by atoms with Crippen LogP contribution in [0.25, 0.3) is 0 Å². The SMILES string of the molecule is COCc1ccc(CNC(=O)CCCNC(=O)C2CC2)cc1. The molecule has 0 unspecified atom stereocenters. The van der Waals surface area contributed by atoms with E-state index in [1.54, 1.807) is 7.11 Å². The van der Waals surface area contributed by atoms with Crippen LogP contribution in [-0.2, 0) is 27.5 Å². The lowest BCUT2D eigenvalue weighted by molar-refractivity contribution is -0.123. The Morgan fingerprint density at radius 3 is 2.45 bits per heavy atom. The quantitative estimate of drug-likeness (QED) is 0.683. The Labute approximate surface area is 131 Å². The minimum absolute atomic E-state index is 0.0154. The number of methoxy groups -OCH3 is 1. The van der Waals surface area contributed by atoms with Crippen molar-refractivity contribution in [2.45, 2.75) is 38.8 Å². The van der Waals surface area contributed by atoms with Gasteiger partial charge in [-0.25, -0.2) is 0 Å². The van der Waals surface area contributed by atoms with Crippen LogP contribution >= 0.6 is 0 Å². The second-order valence-corrected chi connectivity index (χ2v) is 5.70. The van der Waals surface area contributed by atoms with Crippen molar-refractivity contribution in [1.29, 1.82) is 0 Å². The average Bonchev–Trinajstić information content (AvgIpc) is 3.36. The molecule has 1 fully saturated rings. The minimum atomic E-state index is 0.0154. The largest absolute Gasteiger partial charge is 0.380 e. The summed E-state index contributed by atoms with van der Waals surface area (Å²) in [5.74, 6) is 0.383. The summed E-state index contributed by atoms with van der Waals surface area (Å²) in [5.41, 5.74) is 2.18. The number of nitrogens with one attached hydrogen (secondary N) is 2. The smallest absolute Gasteiger partial charge is 0.223 e. The van der Waals surface area contributed by atoms with Crippen molar-refractivity contribution >= 4 is 11.8 Å². The van der Waals surface area contributed by atoms with E-state index in [2.05, 4.69) is 10.6 Å². The first-order valence-corrected chi connectivity index (χ1v) is 7.80. The topological polar surface area (TPSA) is 67.4 Å². The molecule has 0 atom stereocenters. The molecular formula is C17H24N2O3. The lowest BCUT2D eigenvalue weighted by atomic mass is 10.1. The van der Waals surface area contributed by atoms with Crippen LogP contribution in [0.4, 0.5) is 0 Å². The zero-order chi connectivity index (χ0) is 15.8. The second kappa shape index (κ2) is 8.54. The van der Waals surface area contributed by atoms with Gasteiger partial charge >= 0.3 is 0 Å². The summed E-state index contributed by atoms with van der Waals surface area (Å²) in [6, 6.07) is 7.98. The van der Waals surface area contributed by atoms with Gasteiger partial charge in [0.1, 0.15) is 0 Å². The van der Waals surface area contributed by atoms with Gasteiger partial charge in [0.25, 0.3) is 0 Å². The summed E-state index contributed by atoms with van der Waals surface area (Å²) < 4.78 is 5.06. The van der Waals surface area contributed by atoms with Gasteiger partial charge in [-0.15, -0.1) is 0 Å². The van der Waals surface area contributed by atoms with Crippen molar-refractivity contribution in [3.63, 3.8) is 0 Å². The highest BCUT2D eigenvalue weighted by Gasteiger charge is 2.28. The van der Waals surface area contributed by atoms with Gasteiger partial charge in [-0.1, -0.05) is 24.3 Å². The number of hydrogen-bond donors (Lipinski definition) is 2. The maximum atomic E-state index is 11.7. The second-order valence-electron chi connectivity index (χ2n) is 5.70. The number of rotatable bonds is 9. The third kappa shape index (κ3) is 5.85. The first-order valence-electron chi connectivity index (χ1n) is 7.80. The molecule has 1 aromatic carbocycles. The van der Waals surface area contributed by atoms with Gasteiger partial charge in [0, 0.05) is 32.5 Å². The predicted octanol–water partition coefficient (Wildman–Crippen LogP) is 1.76. The number of carbonyl (C=O) groups is 2. The van der Waals surface area contributed by atoms with Crippen LogP contribution < -0.4 is 10.6 Å². The molecule has 0 aliphatic heterocycles. The molecule has 1 aliphatic carbocycles. The normalized spacial score (nSPS) is 13.7. The lowest BCUT2D eigenvalue weighted by Gasteiger charge is -2.07. The van der Waals surface area contributed by atoms with E-state index >= 15 is 0 Å². The molecule has 0 radical (unpaired) electrons. The van der Waals surface area contributed by atoms with Crippen molar-refractivity contribution in [1.82, 2.24) is 10.6 Å². The Hall–Kier alpha value is -1.88. The van der Waals surface area contributed by atoms with Crippen LogP contribution in [0.5, 0.6) is 0 Å². The molecule has 120 valence electrons. The number of benzene rings is 1. The fourth-order valence-electron chi connectivity index (χ4n) is 2.16. The Kier molecular flexibility index (Phi) is 6.40. The Bertz CT molecular complexity index is 495. The van der Waals surface area contributed by atoms with Crippen molar-refractivity contribution < 1.29 is 14.3 Å². The molecule has 0 saturated heterocycles. The molecule has 0 spiro atoms. The van der Waals surface area contributed by atoms with Crippen LogP contribution in [0.3, 0.4) is 0 Å². The number of carbonyl (C=O) groups excluding carboxylic acids is 2. The molecule has 0 heterocycles. The molecule has 5 heteroatoms. The van der Waals surface area contributed by atoms with Crippen LogP contribution in [0, 0.1) is 5.92 Å². The summed E-state index contributed by atoms with van der Waals surface area (Å²) in [5, 5.41) is 5.75. The van der Waals surface area contributed by atoms with E-state index in [9.17, 15) is 9.59 Å². The van der Waals surface area contributed by atoms with Crippen LogP contribution in [0.2, 0.25) is 0 Å². The predicted molar refractivity (Wildman–Crippen MR) is 84.0 cm³/mol. The van der Waals surface area contributed by atoms with Gasteiger partial charge in [-0.3, -0.25) is 9.59 Å². The Morgan fingerprint density at radius 1 is 1.14 bits per heavy atom. The van der Waals surface area contributed by atoms with E-state index < -0.39 is 0 Å². The molecule has 0 aromatic heterocycles. The van der Waals surface area contributed by atoms with Gasteiger partial charge in [0.2, 0.25) is 11.8 Å². The van der Waals surface area contributed by atoms with Crippen LogP contribution in [-0.4, -0.2) is 25.5 Å². The van der Waals surface area contributed by atoms with E-state index in [0.29, 0.717) is 32.5 Å². The van der Waals surface area contributed by atoms with Crippen molar-refractivity contribution in [2.75, 3.05) is 13.7 Å². The third-order valence-electron chi connectivity index (χ3n) is 3.65. The van der Waals surface area contributed by atoms with Gasteiger partial charge in [-0.05, 0) is 30.4 Å². The van der Waals surface area contributed by atoms with E-state index in [0.717, 1.165) is 24.0 Å². The first-order chi connectivity index (χ1) is 10.7. The first kappa shape index (κ1) is 16.5. The Balaban J connectivity index is 1.57. The van der Waals surface area contributed by atoms with Crippen molar-refractivity contribution in [3.05, 3.63) is 35.4 Å². The molecule has 2 amide bonds. The van der Waals surface area contributed by atoms with E-state index in [4.69, 9.17) is 4.74 Å². The molecule has 1 aromatic rings. The standard InChI is InChI=1S/C17H24N2O3/c1-22-12-14-6-4-13(5-7-14)11-19-16(20)3-2-10-18-17(21)15-8-9-15/h4-7,15H,2-3,8-12H2,1H3,(H,18,21)(H,19,20). The van der Waals surface area contributed by atoms with Crippen molar-refractivity contribution in [3.8, 4) is 0 Å². The zero-order valence-electron chi connectivity index (χ0n) is 13.1. The number of hydrogen-bond acceptors (Lipinski definition) is 3. The van der Waals surface area contributed by atoms with Gasteiger partial charge in [0.05, 0.1) is 6.61 Å². The van der Waals surface area contributed by atoms with E-state index in [1.807, 2.05) is 24.3 Å². The van der Waals surface area contributed by atoms with Gasteiger partial charge < -0.3 is 15.4 Å². The molecule has 5 nitrogen and oxygen atoms in total. The Morgan fingerprint density at radius 2 is 1.82 bits per heavy atom. The highest BCUT2D eigenvalue weighted by Crippen LogP contribution is 2.28. The zero-order valence-corrected chi connectivity index (χ0v) is 13.1. The summed E-state index contributed by atoms with van der Waals surface area (Å²) in [6.45, 7) is 1.70. The van der Waals surface area contributed by atoms with Crippen LogP contribution in [0.1, 0.15) is 36.8 Å². The van der Waals surface area contributed by atoms with Crippen LogP contribution in [0.15, 0.2) is 24.3 Å². The summed E-state index contributed by atoms with van der Waals surface area (Å²) in [4.78, 5) is 23.1. The fourth-order valence-corrected chi connectivity index (χ4v) is 2.16. The van der Waals surface area contributed by atoms with E-state index in [-0.39, 0.29) is 17.7 Å². The highest BCUT2D eigenvalue weighted by molar-refractivity contribution is 5.81. The van der Waals surface area contributed by atoms with Crippen molar-refractivity contribution in [2.24, 2.45) is 5.92 Å². The average molecular weight is 304 g/mol. The van der Waals surface area contributed by atoms with Gasteiger partial charge in [0.15, 0.2) is 0 Å².